The minimum Gasteiger partial charge on any atom is -0.369 e. The highest BCUT2D eigenvalue weighted by Crippen LogP contribution is 2.31. The molecule has 1 fully saturated rings. The van der Waals surface area contributed by atoms with Gasteiger partial charge in [-0.1, -0.05) is 6.92 Å². The van der Waals surface area contributed by atoms with Gasteiger partial charge < -0.3 is 4.90 Å². The maximum absolute atomic E-state index is 12.4. The molecule has 134 valence electrons. The van der Waals surface area contributed by atoms with Gasteiger partial charge in [0.25, 0.3) is 0 Å². The standard InChI is InChI=1S/C19H22N6O/c1-14-9-15(10-16(26)13-25-8-2-4-23-25)12-24(11-14)17-3-5-21-19-18(17)20-6-7-22-19/h2-8,14-15H,9-13H2,1H3/t14-,15-/m0/s1. The van der Waals surface area contributed by atoms with Crippen LogP contribution in [0.25, 0.3) is 11.2 Å². The van der Waals surface area contributed by atoms with Crippen molar-refractivity contribution in [3.05, 3.63) is 43.1 Å². The van der Waals surface area contributed by atoms with E-state index in [4.69, 9.17) is 0 Å². The van der Waals surface area contributed by atoms with E-state index in [1.807, 2.05) is 18.3 Å². The van der Waals surface area contributed by atoms with E-state index in [2.05, 4.69) is 31.9 Å². The topological polar surface area (TPSA) is 76.8 Å². The van der Waals surface area contributed by atoms with Crippen molar-refractivity contribution in [3.8, 4) is 0 Å². The zero-order chi connectivity index (χ0) is 17.9. The van der Waals surface area contributed by atoms with Crippen LogP contribution in [0.1, 0.15) is 19.8 Å². The molecule has 0 unspecified atom stereocenters. The van der Waals surface area contributed by atoms with Gasteiger partial charge in [-0.25, -0.2) is 15.0 Å². The lowest BCUT2D eigenvalue weighted by molar-refractivity contribution is -0.120. The summed E-state index contributed by atoms with van der Waals surface area (Å²) in [4.78, 5) is 27.8. The molecule has 1 aliphatic rings. The average Bonchev–Trinajstić information content (AvgIpc) is 3.13. The monoisotopic (exact) mass is 350 g/mol. The molecule has 7 heteroatoms. The molecule has 0 amide bonds. The highest BCUT2D eigenvalue weighted by molar-refractivity contribution is 5.85. The number of ketones is 1. The number of carbonyl (C=O) groups is 1. The molecule has 3 aromatic heterocycles. The Labute approximate surface area is 152 Å². The molecular formula is C19H22N6O. The van der Waals surface area contributed by atoms with Crippen molar-refractivity contribution >= 4 is 22.6 Å². The summed E-state index contributed by atoms with van der Waals surface area (Å²) in [6.07, 6.45) is 10.3. The highest BCUT2D eigenvalue weighted by atomic mass is 16.1. The summed E-state index contributed by atoms with van der Waals surface area (Å²) in [5, 5.41) is 4.12. The third-order valence-corrected chi connectivity index (χ3v) is 4.85. The number of hydrogen-bond donors (Lipinski definition) is 0. The Kier molecular flexibility index (Phi) is 4.60. The lowest BCUT2D eigenvalue weighted by Crippen LogP contribution is -2.40. The average molecular weight is 350 g/mol. The van der Waals surface area contributed by atoms with Crippen molar-refractivity contribution < 1.29 is 4.79 Å². The molecule has 1 saturated heterocycles. The van der Waals surface area contributed by atoms with E-state index in [9.17, 15) is 4.79 Å². The van der Waals surface area contributed by atoms with Crippen molar-refractivity contribution in [3.63, 3.8) is 0 Å². The van der Waals surface area contributed by atoms with Gasteiger partial charge in [-0.15, -0.1) is 0 Å². The summed E-state index contributed by atoms with van der Waals surface area (Å²) in [5.41, 5.74) is 2.54. The summed E-state index contributed by atoms with van der Waals surface area (Å²) in [6.45, 7) is 4.40. The Morgan fingerprint density at radius 3 is 2.85 bits per heavy atom. The molecule has 0 bridgehead atoms. The smallest absolute Gasteiger partial charge is 0.180 e. The van der Waals surface area contributed by atoms with E-state index >= 15 is 0 Å². The molecule has 3 aromatic rings. The number of pyridine rings is 1. The van der Waals surface area contributed by atoms with Crippen molar-refractivity contribution in [2.45, 2.75) is 26.3 Å². The maximum Gasteiger partial charge on any atom is 0.180 e. The molecule has 0 aromatic carbocycles. The largest absolute Gasteiger partial charge is 0.369 e. The third kappa shape index (κ3) is 3.56. The van der Waals surface area contributed by atoms with E-state index < -0.39 is 0 Å². The number of piperidine rings is 1. The minimum absolute atomic E-state index is 0.229. The van der Waals surface area contributed by atoms with Crippen LogP contribution in [0.2, 0.25) is 0 Å². The zero-order valence-corrected chi connectivity index (χ0v) is 14.8. The SMILES string of the molecule is C[C@H]1C[C@@H](CC(=O)Cn2cccn2)CN(c2ccnc3nccnc23)C1. The van der Waals surface area contributed by atoms with Gasteiger partial charge in [-0.2, -0.15) is 5.10 Å². The Balaban J connectivity index is 1.50. The first kappa shape index (κ1) is 16.6. The molecule has 2 atom stereocenters. The van der Waals surface area contributed by atoms with Crippen LogP contribution in [0.3, 0.4) is 0 Å². The van der Waals surface area contributed by atoms with Crippen molar-refractivity contribution in [2.75, 3.05) is 18.0 Å². The van der Waals surface area contributed by atoms with E-state index in [1.165, 1.54) is 0 Å². The van der Waals surface area contributed by atoms with Gasteiger partial charge in [0.2, 0.25) is 0 Å². The lowest BCUT2D eigenvalue weighted by Gasteiger charge is -2.38. The quantitative estimate of drug-likeness (QED) is 0.703. The number of rotatable bonds is 5. The van der Waals surface area contributed by atoms with Crippen molar-refractivity contribution in [1.82, 2.24) is 24.7 Å². The molecule has 26 heavy (non-hydrogen) atoms. The molecule has 4 heterocycles. The first-order valence-corrected chi connectivity index (χ1v) is 8.99. The fourth-order valence-electron chi connectivity index (χ4n) is 3.90. The van der Waals surface area contributed by atoms with Gasteiger partial charge >= 0.3 is 0 Å². The molecule has 0 N–H and O–H groups in total. The van der Waals surface area contributed by atoms with Gasteiger partial charge in [0, 0.05) is 50.5 Å². The van der Waals surface area contributed by atoms with Crippen LogP contribution in [0.4, 0.5) is 5.69 Å². The van der Waals surface area contributed by atoms with Gasteiger partial charge in [-0.05, 0) is 30.4 Å². The van der Waals surface area contributed by atoms with Crippen LogP contribution in [-0.2, 0) is 11.3 Å². The maximum atomic E-state index is 12.4. The molecule has 4 rings (SSSR count). The Morgan fingerprint density at radius 1 is 1.15 bits per heavy atom. The van der Waals surface area contributed by atoms with Gasteiger partial charge in [-0.3, -0.25) is 9.48 Å². The number of hydrogen-bond acceptors (Lipinski definition) is 6. The van der Waals surface area contributed by atoms with E-state index in [0.29, 0.717) is 30.4 Å². The first-order valence-electron chi connectivity index (χ1n) is 8.99. The number of aromatic nitrogens is 5. The van der Waals surface area contributed by atoms with E-state index in [1.54, 1.807) is 29.5 Å². The zero-order valence-electron chi connectivity index (χ0n) is 14.8. The van der Waals surface area contributed by atoms with Gasteiger partial charge in [0.1, 0.15) is 5.52 Å². The normalized spacial score (nSPS) is 20.4. The number of fused-ring (bicyclic) bond motifs is 1. The third-order valence-electron chi connectivity index (χ3n) is 4.85. The van der Waals surface area contributed by atoms with E-state index in [0.717, 1.165) is 30.7 Å². The van der Waals surface area contributed by atoms with Crippen molar-refractivity contribution in [1.29, 1.82) is 0 Å². The fourth-order valence-corrected chi connectivity index (χ4v) is 3.90. The van der Waals surface area contributed by atoms with Crippen LogP contribution >= 0.6 is 0 Å². The second-order valence-electron chi connectivity index (χ2n) is 7.12. The van der Waals surface area contributed by atoms with Crippen LogP contribution in [0.15, 0.2) is 43.1 Å². The molecule has 0 saturated carbocycles. The summed E-state index contributed by atoms with van der Waals surface area (Å²) < 4.78 is 1.69. The predicted molar refractivity (Wildman–Crippen MR) is 98.7 cm³/mol. The second-order valence-corrected chi connectivity index (χ2v) is 7.12. The highest BCUT2D eigenvalue weighted by Gasteiger charge is 2.28. The minimum atomic E-state index is 0.229. The second kappa shape index (κ2) is 7.19. The molecule has 0 spiro atoms. The number of carbonyl (C=O) groups excluding carboxylic acids is 1. The summed E-state index contributed by atoms with van der Waals surface area (Å²) in [6, 6.07) is 3.84. The predicted octanol–water partition coefficient (Wildman–Crippen LogP) is 2.34. The number of Topliss-reactive ketones (excluding diaryl/α,β-unsaturated/α-hetero) is 1. The van der Waals surface area contributed by atoms with E-state index in [-0.39, 0.29) is 5.78 Å². The Morgan fingerprint density at radius 2 is 2.00 bits per heavy atom. The fraction of sp³-hybridized carbons (Fsp3) is 0.421. The molecule has 7 nitrogen and oxygen atoms in total. The van der Waals surface area contributed by atoms with Crippen LogP contribution in [0, 0.1) is 11.8 Å². The Hall–Kier alpha value is -2.83. The van der Waals surface area contributed by atoms with Crippen LogP contribution in [0.5, 0.6) is 0 Å². The summed E-state index contributed by atoms with van der Waals surface area (Å²) >= 11 is 0. The van der Waals surface area contributed by atoms with Gasteiger partial charge in [0.15, 0.2) is 11.4 Å². The number of nitrogens with zero attached hydrogens (tertiary/aromatic N) is 6. The molecule has 0 aliphatic carbocycles. The van der Waals surface area contributed by atoms with Gasteiger partial charge in [0.05, 0.1) is 12.2 Å². The summed E-state index contributed by atoms with van der Waals surface area (Å²) in [7, 11) is 0. The molecular weight excluding hydrogens is 328 g/mol. The van der Waals surface area contributed by atoms with Crippen molar-refractivity contribution in [2.24, 2.45) is 11.8 Å². The molecule has 0 radical (unpaired) electrons. The first-order chi connectivity index (χ1) is 12.7. The lowest BCUT2D eigenvalue weighted by atomic mass is 9.86. The van der Waals surface area contributed by atoms with Crippen LogP contribution in [-0.4, -0.2) is 43.6 Å². The Bertz CT molecular complexity index is 889. The number of anilines is 1. The van der Waals surface area contributed by atoms with Crippen LogP contribution < -0.4 is 4.90 Å². The molecule has 1 aliphatic heterocycles. The summed E-state index contributed by atoms with van der Waals surface area (Å²) in [5.74, 6) is 1.08.